The molecule has 2 rings (SSSR count). The molecular formula is C12H6BrCl2FN2O. The normalized spacial score (nSPS) is 10.3. The summed E-state index contributed by atoms with van der Waals surface area (Å²) in [5, 5.41) is 2.69. The second-order valence-corrected chi connectivity index (χ2v) is 5.28. The SMILES string of the molecule is O=C(Nc1ccc(Cl)cc1F)c1cc(Br)cnc1Cl. The third-order valence-electron chi connectivity index (χ3n) is 2.23. The summed E-state index contributed by atoms with van der Waals surface area (Å²) < 4.78 is 14.1. The molecule has 7 heteroatoms. The molecule has 0 radical (unpaired) electrons. The van der Waals surface area contributed by atoms with Crippen molar-refractivity contribution in [3.8, 4) is 0 Å². The molecule has 0 bridgehead atoms. The van der Waals surface area contributed by atoms with Crippen molar-refractivity contribution < 1.29 is 9.18 Å². The zero-order chi connectivity index (χ0) is 14.0. The summed E-state index contributed by atoms with van der Waals surface area (Å²) in [7, 11) is 0. The smallest absolute Gasteiger partial charge is 0.258 e. The predicted molar refractivity (Wildman–Crippen MR) is 76.3 cm³/mol. The Morgan fingerprint density at radius 2 is 2.05 bits per heavy atom. The number of carbonyl (C=O) groups is 1. The molecular weight excluding hydrogens is 358 g/mol. The Morgan fingerprint density at radius 1 is 1.32 bits per heavy atom. The van der Waals surface area contributed by atoms with Crippen molar-refractivity contribution in [1.82, 2.24) is 4.98 Å². The van der Waals surface area contributed by atoms with Crippen molar-refractivity contribution in [2.24, 2.45) is 0 Å². The first-order chi connectivity index (χ1) is 8.97. The third-order valence-corrected chi connectivity index (χ3v) is 3.20. The summed E-state index contributed by atoms with van der Waals surface area (Å²) in [6.07, 6.45) is 1.46. The Kier molecular flexibility index (Phi) is 4.39. The highest BCUT2D eigenvalue weighted by Gasteiger charge is 2.14. The number of hydrogen-bond acceptors (Lipinski definition) is 2. The van der Waals surface area contributed by atoms with E-state index in [2.05, 4.69) is 26.2 Å². The van der Waals surface area contributed by atoms with Crippen LogP contribution < -0.4 is 5.32 Å². The minimum atomic E-state index is -0.625. The minimum absolute atomic E-state index is 0.0189. The zero-order valence-electron chi connectivity index (χ0n) is 9.25. The van der Waals surface area contributed by atoms with Crippen LogP contribution >= 0.6 is 39.1 Å². The van der Waals surface area contributed by atoms with Crippen molar-refractivity contribution >= 4 is 50.7 Å². The van der Waals surface area contributed by atoms with Gasteiger partial charge in [-0.3, -0.25) is 4.79 Å². The Labute approximate surface area is 126 Å². The monoisotopic (exact) mass is 362 g/mol. The third kappa shape index (κ3) is 3.43. The topological polar surface area (TPSA) is 42.0 Å². The molecule has 1 N–H and O–H groups in total. The Bertz CT molecular complexity index is 652. The van der Waals surface area contributed by atoms with Gasteiger partial charge in [-0.05, 0) is 40.2 Å². The van der Waals surface area contributed by atoms with Crippen molar-refractivity contribution in [3.63, 3.8) is 0 Å². The van der Waals surface area contributed by atoms with Crippen LogP contribution in [0.15, 0.2) is 34.9 Å². The molecule has 0 spiro atoms. The summed E-state index contributed by atoms with van der Waals surface area (Å²) in [5.74, 6) is -1.18. The largest absolute Gasteiger partial charge is 0.319 e. The number of benzene rings is 1. The molecule has 0 saturated carbocycles. The first-order valence-electron chi connectivity index (χ1n) is 5.05. The van der Waals surface area contributed by atoms with Gasteiger partial charge in [-0.2, -0.15) is 0 Å². The summed E-state index contributed by atoms with van der Waals surface area (Å²) in [6.45, 7) is 0. The number of anilines is 1. The first-order valence-corrected chi connectivity index (χ1v) is 6.59. The van der Waals surface area contributed by atoms with E-state index >= 15 is 0 Å². The molecule has 1 amide bonds. The molecule has 0 aliphatic carbocycles. The fourth-order valence-electron chi connectivity index (χ4n) is 1.36. The highest BCUT2D eigenvalue weighted by atomic mass is 79.9. The predicted octanol–water partition coefficient (Wildman–Crippen LogP) is 4.54. The van der Waals surface area contributed by atoms with Gasteiger partial charge in [0.25, 0.3) is 5.91 Å². The lowest BCUT2D eigenvalue weighted by Gasteiger charge is -2.07. The van der Waals surface area contributed by atoms with Gasteiger partial charge >= 0.3 is 0 Å². The van der Waals surface area contributed by atoms with Gasteiger partial charge in [0.2, 0.25) is 0 Å². The van der Waals surface area contributed by atoms with Gasteiger partial charge in [0, 0.05) is 15.7 Å². The second-order valence-electron chi connectivity index (χ2n) is 3.57. The van der Waals surface area contributed by atoms with Gasteiger partial charge in [-0.1, -0.05) is 23.2 Å². The van der Waals surface area contributed by atoms with Crippen molar-refractivity contribution in [1.29, 1.82) is 0 Å². The number of carbonyl (C=O) groups excluding carboxylic acids is 1. The molecule has 1 aromatic carbocycles. The summed E-state index contributed by atoms with van der Waals surface area (Å²) in [4.78, 5) is 15.8. The van der Waals surface area contributed by atoms with Crippen LogP contribution in [0.5, 0.6) is 0 Å². The number of pyridine rings is 1. The van der Waals surface area contributed by atoms with Gasteiger partial charge in [0.15, 0.2) is 0 Å². The van der Waals surface area contributed by atoms with Crippen LogP contribution in [-0.2, 0) is 0 Å². The Morgan fingerprint density at radius 3 is 2.74 bits per heavy atom. The Balaban J connectivity index is 2.28. The van der Waals surface area contributed by atoms with E-state index in [1.807, 2.05) is 0 Å². The number of nitrogens with one attached hydrogen (secondary N) is 1. The summed E-state index contributed by atoms with van der Waals surface area (Å²) >= 11 is 14.6. The minimum Gasteiger partial charge on any atom is -0.319 e. The molecule has 3 nitrogen and oxygen atoms in total. The number of halogens is 4. The van der Waals surface area contributed by atoms with E-state index in [1.54, 1.807) is 0 Å². The molecule has 98 valence electrons. The fraction of sp³-hybridized carbons (Fsp3) is 0. The maximum Gasteiger partial charge on any atom is 0.258 e. The molecule has 1 aromatic heterocycles. The van der Waals surface area contributed by atoms with Crippen LogP contribution in [0.3, 0.4) is 0 Å². The lowest BCUT2D eigenvalue weighted by Crippen LogP contribution is -2.14. The number of rotatable bonds is 2. The molecule has 0 atom stereocenters. The maximum atomic E-state index is 13.5. The molecule has 0 aliphatic heterocycles. The number of amides is 1. The van der Waals surface area contributed by atoms with Gasteiger partial charge < -0.3 is 5.32 Å². The second kappa shape index (κ2) is 5.86. The molecule has 0 fully saturated rings. The molecule has 2 aromatic rings. The van der Waals surface area contributed by atoms with E-state index in [4.69, 9.17) is 23.2 Å². The average molecular weight is 364 g/mol. The molecule has 19 heavy (non-hydrogen) atoms. The van der Waals surface area contributed by atoms with Crippen molar-refractivity contribution in [3.05, 3.63) is 56.5 Å². The van der Waals surface area contributed by atoms with Crippen molar-refractivity contribution in [2.45, 2.75) is 0 Å². The molecule has 0 aliphatic rings. The number of nitrogens with zero attached hydrogens (tertiary/aromatic N) is 1. The average Bonchev–Trinajstić information content (AvgIpc) is 2.35. The van der Waals surface area contributed by atoms with Gasteiger partial charge in [-0.15, -0.1) is 0 Å². The van der Waals surface area contributed by atoms with Crippen LogP contribution in [0, 0.1) is 5.82 Å². The van der Waals surface area contributed by atoms with E-state index in [-0.39, 0.29) is 21.4 Å². The van der Waals surface area contributed by atoms with Crippen LogP contribution in [0.1, 0.15) is 10.4 Å². The fourth-order valence-corrected chi connectivity index (χ4v) is 2.04. The van der Waals surface area contributed by atoms with Gasteiger partial charge in [0.1, 0.15) is 11.0 Å². The lowest BCUT2D eigenvalue weighted by molar-refractivity contribution is 0.102. The van der Waals surface area contributed by atoms with Crippen molar-refractivity contribution in [2.75, 3.05) is 5.32 Å². The lowest BCUT2D eigenvalue weighted by atomic mass is 10.2. The van der Waals surface area contributed by atoms with Crippen LogP contribution in [0.25, 0.3) is 0 Å². The van der Waals surface area contributed by atoms with Crippen LogP contribution in [-0.4, -0.2) is 10.9 Å². The highest BCUT2D eigenvalue weighted by molar-refractivity contribution is 9.10. The van der Waals surface area contributed by atoms with E-state index in [0.717, 1.165) is 6.07 Å². The summed E-state index contributed by atoms with van der Waals surface area (Å²) in [5.41, 5.74) is 0.163. The molecule has 0 unspecified atom stereocenters. The quantitative estimate of drug-likeness (QED) is 0.795. The molecule has 1 heterocycles. The first kappa shape index (κ1) is 14.2. The van der Waals surface area contributed by atoms with E-state index in [0.29, 0.717) is 4.47 Å². The van der Waals surface area contributed by atoms with E-state index in [1.165, 1.54) is 24.4 Å². The highest BCUT2D eigenvalue weighted by Crippen LogP contribution is 2.22. The summed E-state index contributed by atoms with van der Waals surface area (Å²) in [6, 6.07) is 5.45. The van der Waals surface area contributed by atoms with E-state index < -0.39 is 11.7 Å². The van der Waals surface area contributed by atoms with Crippen LogP contribution in [0.4, 0.5) is 10.1 Å². The maximum absolute atomic E-state index is 13.5. The molecule has 0 saturated heterocycles. The number of aromatic nitrogens is 1. The Hall–Kier alpha value is -1.17. The number of hydrogen-bond donors (Lipinski definition) is 1. The van der Waals surface area contributed by atoms with Gasteiger partial charge in [-0.25, -0.2) is 9.37 Å². The standard InChI is InChI=1S/C12H6BrCl2FN2O/c13-6-3-8(11(15)17-5-6)12(19)18-10-2-1-7(14)4-9(10)16/h1-5H,(H,18,19). The van der Waals surface area contributed by atoms with E-state index in [9.17, 15) is 9.18 Å². The zero-order valence-corrected chi connectivity index (χ0v) is 12.4. The van der Waals surface area contributed by atoms with Gasteiger partial charge in [0.05, 0.1) is 11.3 Å². The van der Waals surface area contributed by atoms with Crippen LogP contribution in [0.2, 0.25) is 10.2 Å².